The van der Waals surface area contributed by atoms with Gasteiger partial charge in [-0.15, -0.1) is 0 Å². The average Bonchev–Trinajstić information content (AvgIpc) is 2.46. The molecule has 19 heavy (non-hydrogen) atoms. The van der Waals surface area contributed by atoms with Crippen LogP contribution in [0, 0.1) is 0 Å². The summed E-state index contributed by atoms with van der Waals surface area (Å²) in [5.41, 5.74) is 5.74. The van der Waals surface area contributed by atoms with Crippen LogP contribution in [0.25, 0.3) is 0 Å². The van der Waals surface area contributed by atoms with Crippen LogP contribution in [-0.4, -0.2) is 46.5 Å². The first-order chi connectivity index (χ1) is 9.16. The number of carbonyl (C=O) groups is 1. The molecule has 2 rings (SSSR count). The molecule has 2 heterocycles. The number of nitrogens with two attached hydrogens (primary N) is 1. The third-order valence-corrected chi connectivity index (χ3v) is 3.48. The molecule has 6 heteroatoms. The summed E-state index contributed by atoms with van der Waals surface area (Å²) in [6, 6.07) is 0.353. The maximum absolute atomic E-state index is 11.9. The minimum Gasteiger partial charge on any atom is -0.382 e. The van der Waals surface area contributed by atoms with Gasteiger partial charge in [-0.3, -0.25) is 9.69 Å². The summed E-state index contributed by atoms with van der Waals surface area (Å²) in [6.45, 7) is 5.02. The van der Waals surface area contributed by atoms with Crippen molar-refractivity contribution in [3.63, 3.8) is 0 Å². The van der Waals surface area contributed by atoms with Crippen molar-refractivity contribution < 1.29 is 4.79 Å². The number of rotatable bonds is 4. The van der Waals surface area contributed by atoms with E-state index >= 15 is 0 Å². The fraction of sp³-hybridized carbons (Fsp3) is 0.615. The van der Waals surface area contributed by atoms with Crippen molar-refractivity contribution in [1.82, 2.24) is 20.2 Å². The molecule has 1 aromatic rings. The number of hydrogen-bond donors (Lipinski definition) is 2. The maximum atomic E-state index is 11.9. The van der Waals surface area contributed by atoms with Gasteiger partial charge in [0.25, 0.3) is 5.91 Å². The molecule has 1 atom stereocenters. The summed E-state index contributed by atoms with van der Waals surface area (Å²) < 4.78 is 0. The highest BCUT2D eigenvalue weighted by Crippen LogP contribution is 2.11. The Bertz CT molecular complexity index is 414. The minimum atomic E-state index is -0.198. The molecule has 0 aliphatic carbocycles. The fourth-order valence-electron chi connectivity index (χ4n) is 2.27. The molecule has 1 aromatic heterocycles. The number of nitrogens with zero attached hydrogens (tertiary/aromatic N) is 3. The standard InChI is InChI=1S/C13H21N5O/c1-10(18-5-3-2-4-6-18)7-17-13(19)11-8-16-12(14)9-15-11/h8-10H,2-7H2,1H3,(H2,14,16)(H,17,19). The predicted molar refractivity (Wildman–Crippen MR) is 73.7 cm³/mol. The van der Waals surface area contributed by atoms with Crippen molar-refractivity contribution in [3.8, 4) is 0 Å². The Kier molecular flexibility index (Phi) is 4.68. The number of anilines is 1. The Hall–Kier alpha value is -1.69. The lowest BCUT2D eigenvalue weighted by Gasteiger charge is -2.32. The van der Waals surface area contributed by atoms with Crippen LogP contribution < -0.4 is 11.1 Å². The van der Waals surface area contributed by atoms with Crippen molar-refractivity contribution in [2.24, 2.45) is 0 Å². The van der Waals surface area contributed by atoms with Crippen molar-refractivity contribution in [3.05, 3.63) is 18.1 Å². The van der Waals surface area contributed by atoms with Gasteiger partial charge in [-0.25, -0.2) is 9.97 Å². The Morgan fingerprint density at radius 1 is 1.37 bits per heavy atom. The molecule has 0 saturated carbocycles. The molecular weight excluding hydrogens is 242 g/mol. The molecule has 1 amide bonds. The number of aromatic nitrogens is 2. The summed E-state index contributed by atoms with van der Waals surface area (Å²) in [4.78, 5) is 22.1. The van der Waals surface area contributed by atoms with Crippen LogP contribution in [0.4, 0.5) is 5.82 Å². The Morgan fingerprint density at radius 2 is 2.11 bits per heavy atom. The smallest absolute Gasteiger partial charge is 0.271 e. The fourth-order valence-corrected chi connectivity index (χ4v) is 2.27. The molecule has 0 aromatic carbocycles. The van der Waals surface area contributed by atoms with E-state index in [2.05, 4.69) is 27.1 Å². The summed E-state index contributed by atoms with van der Waals surface area (Å²) in [7, 11) is 0. The van der Waals surface area contributed by atoms with E-state index in [0.29, 0.717) is 24.1 Å². The van der Waals surface area contributed by atoms with Crippen molar-refractivity contribution >= 4 is 11.7 Å². The molecule has 0 radical (unpaired) electrons. The Balaban J connectivity index is 1.81. The molecular formula is C13H21N5O. The predicted octanol–water partition coefficient (Wildman–Crippen LogP) is 0.663. The maximum Gasteiger partial charge on any atom is 0.271 e. The molecule has 1 aliphatic heterocycles. The number of piperidine rings is 1. The van der Waals surface area contributed by atoms with Crippen molar-refractivity contribution in [1.29, 1.82) is 0 Å². The van der Waals surface area contributed by atoms with Crippen LogP contribution in [0.5, 0.6) is 0 Å². The van der Waals surface area contributed by atoms with Gasteiger partial charge < -0.3 is 11.1 Å². The minimum absolute atomic E-state index is 0.198. The molecule has 6 nitrogen and oxygen atoms in total. The van der Waals surface area contributed by atoms with Crippen LogP contribution >= 0.6 is 0 Å². The third-order valence-electron chi connectivity index (χ3n) is 3.48. The number of carbonyl (C=O) groups excluding carboxylic acids is 1. The highest BCUT2D eigenvalue weighted by atomic mass is 16.1. The zero-order chi connectivity index (χ0) is 13.7. The molecule has 1 saturated heterocycles. The van der Waals surface area contributed by atoms with Crippen LogP contribution in [-0.2, 0) is 0 Å². The van der Waals surface area contributed by atoms with Gasteiger partial charge in [-0.05, 0) is 32.9 Å². The summed E-state index contributed by atoms with van der Waals surface area (Å²) in [5, 5.41) is 2.89. The van der Waals surface area contributed by atoms with Gasteiger partial charge in [0.2, 0.25) is 0 Å². The Morgan fingerprint density at radius 3 is 2.74 bits per heavy atom. The zero-order valence-corrected chi connectivity index (χ0v) is 11.3. The zero-order valence-electron chi connectivity index (χ0n) is 11.3. The lowest BCUT2D eigenvalue weighted by atomic mass is 10.1. The lowest BCUT2D eigenvalue weighted by Crippen LogP contribution is -2.44. The molecule has 1 unspecified atom stereocenters. The molecule has 0 spiro atoms. The highest BCUT2D eigenvalue weighted by Gasteiger charge is 2.17. The van der Waals surface area contributed by atoms with Crippen LogP contribution in [0.15, 0.2) is 12.4 Å². The topological polar surface area (TPSA) is 84.1 Å². The van der Waals surface area contributed by atoms with Crippen molar-refractivity contribution in [2.75, 3.05) is 25.4 Å². The SMILES string of the molecule is CC(CNC(=O)c1cnc(N)cn1)N1CCCCC1. The van der Waals surface area contributed by atoms with E-state index in [1.165, 1.54) is 31.7 Å². The second-order valence-corrected chi connectivity index (χ2v) is 4.98. The van der Waals surface area contributed by atoms with Crippen molar-refractivity contribution in [2.45, 2.75) is 32.2 Å². The van der Waals surface area contributed by atoms with Gasteiger partial charge in [0.05, 0.1) is 12.4 Å². The van der Waals surface area contributed by atoms with Gasteiger partial charge in [0, 0.05) is 12.6 Å². The number of nitrogen functional groups attached to an aromatic ring is 1. The number of hydrogen-bond acceptors (Lipinski definition) is 5. The van der Waals surface area contributed by atoms with E-state index in [1.807, 2.05) is 0 Å². The quantitative estimate of drug-likeness (QED) is 0.834. The van der Waals surface area contributed by atoms with Gasteiger partial charge in [-0.2, -0.15) is 0 Å². The van der Waals surface area contributed by atoms with Crippen LogP contribution in [0.2, 0.25) is 0 Å². The monoisotopic (exact) mass is 263 g/mol. The van der Waals surface area contributed by atoms with Gasteiger partial charge in [0.15, 0.2) is 0 Å². The first kappa shape index (κ1) is 13.7. The summed E-state index contributed by atoms with van der Waals surface area (Å²) in [6.07, 6.45) is 6.61. The average molecular weight is 263 g/mol. The molecule has 1 aliphatic rings. The van der Waals surface area contributed by atoms with Crippen LogP contribution in [0.3, 0.4) is 0 Å². The van der Waals surface area contributed by atoms with E-state index < -0.39 is 0 Å². The molecule has 1 fully saturated rings. The van der Waals surface area contributed by atoms with Crippen LogP contribution in [0.1, 0.15) is 36.7 Å². The molecule has 3 N–H and O–H groups in total. The van der Waals surface area contributed by atoms with E-state index in [-0.39, 0.29) is 5.91 Å². The normalized spacial score (nSPS) is 17.9. The van der Waals surface area contributed by atoms with Gasteiger partial charge >= 0.3 is 0 Å². The van der Waals surface area contributed by atoms with Gasteiger partial charge in [0.1, 0.15) is 11.5 Å². The van der Waals surface area contributed by atoms with E-state index in [4.69, 9.17) is 5.73 Å². The summed E-state index contributed by atoms with van der Waals surface area (Å²) >= 11 is 0. The number of likely N-dealkylation sites (tertiary alicyclic amines) is 1. The number of nitrogens with one attached hydrogen (secondary N) is 1. The largest absolute Gasteiger partial charge is 0.382 e. The highest BCUT2D eigenvalue weighted by molar-refractivity contribution is 5.91. The third kappa shape index (κ3) is 3.89. The lowest BCUT2D eigenvalue weighted by molar-refractivity contribution is 0.0924. The van der Waals surface area contributed by atoms with E-state index in [9.17, 15) is 4.79 Å². The molecule has 0 bridgehead atoms. The molecule has 104 valence electrons. The Labute approximate surface area is 113 Å². The first-order valence-corrected chi connectivity index (χ1v) is 6.76. The van der Waals surface area contributed by atoms with E-state index in [1.54, 1.807) is 0 Å². The second kappa shape index (κ2) is 6.47. The summed E-state index contributed by atoms with van der Waals surface area (Å²) in [5.74, 6) is 0.120. The van der Waals surface area contributed by atoms with E-state index in [0.717, 1.165) is 13.1 Å². The second-order valence-electron chi connectivity index (χ2n) is 4.98. The van der Waals surface area contributed by atoms with Gasteiger partial charge in [-0.1, -0.05) is 6.42 Å². The number of amides is 1. The first-order valence-electron chi connectivity index (χ1n) is 6.76.